The fourth-order valence-corrected chi connectivity index (χ4v) is 4.26. The van der Waals surface area contributed by atoms with E-state index in [1.54, 1.807) is 0 Å². The zero-order valence-corrected chi connectivity index (χ0v) is 13.3. The third kappa shape index (κ3) is 3.21. The molecule has 2 saturated carbocycles. The highest BCUT2D eigenvalue weighted by molar-refractivity contribution is 5.95. The summed E-state index contributed by atoms with van der Waals surface area (Å²) in [5.41, 5.74) is -0.641. The minimum Gasteiger partial charge on any atom is -0.349 e. The number of hydrogen-bond donors (Lipinski definition) is 1. The average molecular weight is 326 g/mol. The van der Waals surface area contributed by atoms with Gasteiger partial charge in [-0.25, -0.2) is 4.98 Å². The van der Waals surface area contributed by atoms with E-state index in [9.17, 15) is 18.0 Å². The highest BCUT2D eigenvalue weighted by atomic mass is 19.4. The molecule has 0 unspecified atom stereocenters. The lowest BCUT2D eigenvalue weighted by molar-refractivity contribution is -0.141. The number of hydrogen-bond acceptors (Lipinski definition) is 2. The Balaban J connectivity index is 1.68. The van der Waals surface area contributed by atoms with Crippen molar-refractivity contribution >= 4 is 5.91 Å². The lowest BCUT2D eigenvalue weighted by Crippen LogP contribution is -2.40. The summed E-state index contributed by atoms with van der Waals surface area (Å²) in [7, 11) is 0. The number of rotatable bonds is 3. The van der Waals surface area contributed by atoms with Gasteiger partial charge in [-0.15, -0.1) is 0 Å². The first-order valence-corrected chi connectivity index (χ1v) is 8.11. The van der Waals surface area contributed by atoms with Gasteiger partial charge in [0.1, 0.15) is 5.69 Å². The predicted molar refractivity (Wildman–Crippen MR) is 79.8 cm³/mol. The van der Waals surface area contributed by atoms with E-state index in [-0.39, 0.29) is 23.2 Å². The summed E-state index contributed by atoms with van der Waals surface area (Å²) >= 11 is 0. The first kappa shape index (κ1) is 16.3. The molecular weight excluding hydrogens is 305 g/mol. The van der Waals surface area contributed by atoms with Crippen LogP contribution in [0.5, 0.6) is 0 Å². The largest absolute Gasteiger partial charge is 0.433 e. The molecule has 1 aromatic rings. The molecule has 126 valence electrons. The summed E-state index contributed by atoms with van der Waals surface area (Å²) < 4.78 is 37.9. The molecule has 6 heteroatoms. The smallest absolute Gasteiger partial charge is 0.349 e. The van der Waals surface area contributed by atoms with E-state index in [4.69, 9.17) is 0 Å². The minimum atomic E-state index is -4.49. The summed E-state index contributed by atoms with van der Waals surface area (Å²) in [6, 6.07) is 2.12. The molecule has 2 aliphatic carbocycles. The molecule has 1 amide bonds. The molecule has 1 N–H and O–H groups in total. The van der Waals surface area contributed by atoms with Gasteiger partial charge in [0.2, 0.25) is 0 Å². The number of fused-ring (bicyclic) bond motifs is 2. The van der Waals surface area contributed by atoms with E-state index < -0.39 is 11.9 Å². The molecule has 3 rings (SSSR count). The number of aromatic nitrogens is 1. The van der Waals surface area contributed by atoms with E-state index in [0.29, 0.717) is 11.8 Å². The van der Waals surface area contributed by atoms with Gasteiger partial charge in [0.05, 0.1) is 11.3 Å². The van der Waals surface area contributed by atoms with Crippen LogP contribution in [0.2, 0.25) is 0 Å². The standard InChI is InChI=1S/C17H21F3N2O/c1-9-13(5-6-15(21-9)17(18,19)20)16(23)22-10(2)14-8-11-3-4-12(14)7-11/h5-6,10-12,14H,3-4,7-8H2,1-2H3,(H,22,23)/t10-,11+,12+,14-/m1/s1. The van der Waals surface area contributed by atoms with Gasteiger partial charge in [-0.1, -0.05) is 6.42 Å². The van der Waals surface area contributed by atoms with Crippen LogP contribution >= 0.6 is 0 Å². The van der Waals surface area contributed by atoms with E-state index in [1.807, 2.05) is 6.92 Å². The molecular formula is C17H21F3N2O. The van der Waals surface area contributed by atoms with Crippen molar-refractivity contribution in [3.05, 3.63) is 29.1 Å². The number of alkyl halides is 3. The number of nitrogens with one attached hydrogen (secondary N) is 1. The van der Waals surface area contributed by atoms with E-state index >= 15 is 0 Å². The second-order valence-corrected chi connectivity index (χ2v) is 6.93. The van der Waals surface area contributed by atoms with E-state index in [1.165, 1.54) is 32.3 Å². The first-order chi connectivity index (χ1) is 10.8. The molecule has 0 radical (unpaired) electrons. The van der Waals surface area contributed by atoms with E-state index in [2.05, 4.69) is 10.3 Å². The van der Waals surface area contributed by atoms with Crippen molar-refractivity contribution in [3.8, 4) is 0 Å². The predicted octanol–water partition coefficient (Wildman–Crippen LogP) is 3.96. The topological polar surface area (TPSA) is 42.0 Å². The number of halogens is 3. The van der Waals surface area contributed by atoms with Gasteiger partial charge in [-0.05, 0) is 63.0 Å². The summed E-state index contributed by atoms with van der Waals surface area (Å²) in [5, 5.41) is 2.96. The number of carbonyl (C=O) groups is 1. The van der Waals surface area contributed by atoms with E-state index in [0.717, 1.165) is 18.4 Å². The summed E-state index contributed by atoms with van der Waals surface area (Å²) in [6.45, 7) is 3.43. The Morgan fingerprint density at radius 3 is 2.57 bits per heavy atom. The van der Waals surface area contributed by atoms with Gasteiger partial charge in [-0.3, -0.25) is 4.79 Å². The Bertz CT molecular complexity index is 614. The van der Waals surface area contributed by atoms with Gasteiger partial charge >= 0.3 is 6.18 Å². The molecule has 1 aromatic heterocycles. The zero-order chi connectivity index (χ0) is 16.8. The van der Waals surface area contributed by atoms with Gasteiger partial charge in [-0.2, -0.15) is 13.2 Å². The SMILES string of the molecule is Cc1nc(C(F)(F)F)ccc1C(=O)N[C@H](C)[C@H]1C[C@H]2CC[C@H]1C2. The Hall–Kier alpha value is -1.59. The van der Waals surface area contributed by atoms with Crippen molar-refractivity contribution in [1.82, 2.24) is 10.3 Å². The molecule has 23 heavy (non-hydrogen) atoms. The first-order valence-electron chi connectivity index (χ1n) is 8.11. The minimum absolute atomic E-state index is 0.0412. The maximum Gasteiger partial charge on any atom is 0.433 e. The quantitative estimate of drug-likeness (QED) is 0.913. The number of carbonyl (C=O) groups excluding carboxylic acids is 1. The van der Waals surface area contributed by atoms with Crippen LogP contribution in [-0.2, 0) is 6.18 Å². The van der Waals surface area contributed by atoms with Crippen LogP contribution < -0.4 is 5.32 Å². The van der Waals surface area contributed by atoms with Gasteiger partial charge in [0, 0.05) is 6.04 Å². The molecule has 3 nitrogen and oxygen atoms in total. The van der Waals surface area contributed by atoms with Gasteiger partial charge < -0.3 is 5.32 Å². The number of amides is 1. The third-order valence-electron chi connectivity index (χ3n) is 5.41. The lowest BCUT2D eigenvalue weighted by atomic mass is 9.84. The van der Waals surface area contributed by atoms with Crippen LogP contribution in [0, 0.1) is 24.7 Å². The van der Waals surface area contributed by atoms with Crippen LogP contribution in [0.3, 0.4) is 0 Å². The van der Waals surface area contributed by atoms with Gasteiger partial charge in [0.25, 0.3) is 5.91 Å². The molecule has 0 saturated heterocycles. The number of nitrogens with zero attached hydrogens (tertiary/aromatic N) is 1. The Morgan fingerprint density at radius 1 is 1.30 bits per heavy atom. The summed E-state index contributed by atoms with van der Waals surface area (Å²) in [6.07, 6.45) is 0.443. The van der Waals surface area contributed by atoms with Crippen LogP contribution in [0.4, 0.5) is 13.2 Å². The fourth-order valence-electron chi connectivity index (χ4n) is 4.26. The normalized spacial score (nSPS) is 28.0. The van der Waals surface area contributed by atoms with Crippen LogP contribution in [-0.4, -0.2) is 16.9 Å². The fraction of sp³-hybridized carbons (Fsp3) is 0.647. The molecule has 0 aromatic carbocycles. The summed E-state index contributed by atoms with van der Waals surface area (Å²) in [4.78, 5) is 15.9. The van der Waals surface area contributed by atoms with Crippen molar-refractivity contribution in [3.63, 3.8) is 0 Å². The Morgan fingerprint density at radius 2 is 2.04 bits per heavy atom. The Labute approximate surface area is 133 Å². The molecule has 1 heterocycles. The van der Waals surface area contributed by atoms with Crippen molar-refractivity contribution < 1.29 is 18.0 Å². The number of aryl methyl sites for hydroxylation is 1. The monoisotopic (exact) mass is 326 g/mol. The Kier molecular flexibility index (Phi) is 4.10. The lowest BCUT2D eigenvalue weighted by Gasteiger charge is -2.28. The van der Waals surface area contributed by atoms with Crippen LogP contribution in [0.1, 0.15) is 54.4 Å². The highest BCUT2D eigenvalue weighted by Crippen LogP contribution is 2.49. The molecule has 2 bridgehead atoms. The molecule has 0 spiro atoms. The van der Waals surface area contributed by atoms with Crippen LogP contribution in [0.25, 0.3) is 0 Å². The third-order valence-corrected chi connectivity index (χ3v) is 5.41. The summed E-state index contributed by atoms with van der Waals surface area (Å²) in [5.74, 6) is 1.63. The van der Waals surface area contributed by atoms with Crippen LogP contribution in [0.15, 0.2) is 12.1 Å². The number of pyridine rings is 1. The molecule has 4 atom stereocenters. The van der Waals surface area contributed by atoms with Gasteiger partial charge in [0.15, 0.2) is 0 Å². The molecule has 0 aliphatic heterocycles. The van der Waals surface area contributed by atoms with Crippen molar-refractivity contribution in [2.45, 2.75) is 51.7 Å². The van der Waals surface area contributed by atoms with Crippen molar-refractivity contribution in [2.75, 3.05) is 0 Å². The average Bonchev–Trinajstić information content (AvgIpc) is 3.08. The molecule has 2 fully saturated rings. The maximum atomic E-state index is 12.6. The zero-order valence-electron chi connectivity index (χ0n) is 13.3. The maximum absolute atomic E-state index is 12.6. The second kappa shape index (κ2) is 5.80. The van der Waals surface area contributed by atoms with Crippen molar-refractivity contribution in [2.24, 2.45) is 17.8 Å². The molecule has 2 aliphatic rings. The van der Waals surface area contributed by atoms with Crippen molar-refractivity contribution in [1.29, 1.82) is 0 Å². The highest BCUT2D eigenvalue weighted by Gasteiger charge is 2.42. The second-order valence-electron chi connectivity index (χ2n) is 6.93.